The SMILES string of the molecule is CNCC(O)CSc1ccc(F)c(F)c1. The third-order valence-corrected chi connectivity index (χ3v) is 2.91. The fraction of sp³-hybridized carbons (Fsp3) is 0.400. The lowest BCUT2D eigenvalue weighted by atomic mass is 10.3. The first-order chi connectivity index (χ1) is 7.13. The molecule has 15 heavy (non-hydrogen) atoms. The first-order valence-electron chi connectivity index (χ1n) is 4.54. The van der Waals surface area contributed by atoms with Crippen LogP contribution in [-0.2, 0) is 0 Å². The number of rotatable bonds is 5. The van der Waals surface area contributed by atoms with Gasteiger partial charge in [0.2, 0.25) is 0 Å². The second kappa shape index (κ2) is 6.05. The number of thioether (sulfide) groups is 1. The summed E-state index contributed by atoms with van der Waals surface area (Å²) in [6, 6.07) is 3.71. The number of halogens is 2. The Morgan fingerprint density at radius 2 is 2.13 bits per heavy atom. The van der Waals surface area contributed by atoms with Gasteiger partial charge in [0, 0.05) is 17.2 Å². The molecule has 0 aliphatic heterocycles. The van der Waals surface area contributed by atoms with Gasteiger partial charge in [-0.1, -0.05) is 0 Å². The third-order valence-electron chi connectivity index (χ3n) is 1.77. The lowest BCUT2D eigenvalue weighted by molar-refractivity contribution is 0.199. The van der Waals surface area contributed by atoms with E-state index in [4.69, 9.17) is 0 Å². The summed E-state index contributed by atoms with van der Waals surface area (Å²) in [6.07, 6.45) is -0.492. The average molecular weight is 233 g/mol. The van der Waals surface area contributed by atoms with Crippen molar-refractivity contribution in [1.29, 1.82) is 0 Å². The summed E-state index contributed by atoms with van der Waals surface area (Å²) in [6.45, 7) is 0.483. The largest absolute Gasteiger partial charge is 0.391 e. The standard InChI is InChI=1S/C10H13F2NOS/c1-13-5-7(14)6-15-8-2-3-9(11)10(12)4-8/h2-4,7,13-14H,5-6H2,1H3. The second-order valence-corrected chi connectivity index (χ2v) is 4.19. The number of nitrogens with one attached hydrogen (secondary N) is 1. The predicted molar refractivity (Wildman–Crippen MR) is 57.0 cm³/mol. The van der Waals surface area contributed by atoms with Gasteiger partial charge in [0.15, 0.2) is 11.6 Å². The monoisotopic (exact) mass is 233 g/mol. The minimum Gasteiger partial charge on any atom is -0.391 e. The number of aliphatic hydroxyl groups excluding tert-OH is 1. The zero-order valence-corrected chi connectivity index (χ0v) is 9.15. The van der Waals surface area contributed by atoms with E-state index < -0.39 is 17.7 Å². The van der Waals surface area contributed by atoms with Crippen molar-refractivity contribution in [2.75, 3.05) is 19.3 Å². The molecule has 0 aliphatic carbocycles. The Bertz CT molecular complexity index is 322. The maximum atomic E-state index is 12.8. The molecule has 1 unspecified atom stereocenters. The van der Waals surface area contributed by atoms with Crippen molar-refractivity contribution in [3.63, 3.8) is 0 Å². The molecular formula is C10H13F2NOS. The maximum absolute atomic E-state index is 12.8. The minimum absolute atomic E-state index is 0.450. The van der Waals surface area contributed by atoms with Crippen LogP contribution in [0.5, 0.6) is 0 Å². The average Bonchev–Trinajstić information content (AvgIpc) is 2.20. The summed E-state index contributed by atoms with van der Waals surface area (Å²) in [4.78, 5) is 0.615. The van der Waals surface area contributed by atoms with E-state index in [0.29, 0.717) is 17.2 Å². The molecule has 84 valence electrons. The Balaban J connectivity index is 2.47. The lowest BCUT2D eigenvalue weighted by Crippen LogP contribution is -2.25. The summed E-state index contributed by atoms with van der Waals surface area (Å²) in [5.74, 6) is -1.26. The fourth-order valence-corrected chi connectivity index (χ4v) is 1.91. The van der Waals surface area contributed by atoms with Crippen LogP contribution in [0.25, 0.3) is 0 Å². The highest BCUT2D eigenvalue weighted by Gasteiger charge is 2.06. The number of hydrogen-bond acceptors (Lipinski definition) is 3. The van der Waals surface area contributed by atoms with Gasteiger partial charge < -0.3 is 10.4 Å². The molecule has 1 atom stereocenters. The quantitative estimate of drug-likeness (QED) is 0.758. The molecule has 0 fully saturated rings. The summed E-state index contributed by atoms with van der Waals surface area (Å²) < 4.78 is 25.4. The van der Waals surface area contributed by atoms with Crippen LogP contribution in [0.4, 0.5) is 8.78 Å². The first kappa shape index (κ1) is 12.4. The van der Waals surface area contributed by atoms with Crippen LogP contribution < -0.4 is 5.32 Å². The van der Waals surface area contributed by atoms with Gasteiger partial charge in [0.25, 0.3) is 0 Å². The minimum atomic E-state index is -0.858. The van der Waals surface area contributed by atoms with Gasteiger partial charge in [-0.25, -0.2) is 8.78 Å². The smallest absolute Gasteiger partial charge is 0.159 e. The van der Waals surface area contributed by atoms with Crippen molar-refractivity contribution >= 4 is 11.8 Å². The Labute approximate surface area is 91.7 Å². The predicted octanol–water partition coefficient (Wildman–Crippen LogP) is 1.64. The highest BCUT2D eigenvalue weighted by Crippen LogP contribution is 2.20. The Kier molecular flexibility index (Phi) is 5.01. The molecule has 5 heteroatoms. The van der Waals surface area contributed by atoms with E-state index in [-0.39, 0.29) is 0 Å². The molecule has 0 radical (unpaired) electrons. The summed E-state index contributed by atoms with van der Waals surface area (Å²) >= 11 is 1.29. The summed E-state index contributed by atoms with van der Waals surface area (Å²) in [5.41, 5.74) is 0. The fourth-order valence-electron chi connectivity index (χ4n) is 1.05. The zero-order valence-electron chi connectivity index (χ0n) is 8.34. The van der Waals surface area contributed by atoms with Crippen molar-refractivity contribution in [3.8, 4) is 0 Å². The van der Waals surface area contributed by atoms with Crippen LogP contribution in [-0.4, -0.2) is 30.6 Å². The molecule has 1 aromatic carbocycles. The van der Waals surface area contributed by atoms with Crippen molar-refractivity contribution in [2.45, 2.75) is 11.0 Å². The van der Waals surface area contributed by atoms with Gasteiger partial charge >= 0.3 is 0 Å². The van der Waals surface area contributed by atoms with Gasteiger partial charge in [-0.05, 0) is 25.2 Å². The van der Waals surface area contributed by atoms with Gasteiger partial charge in [-0.3, -0.25) is 0 Å². The van der Waals surface area contributed by atoms with Gasteiger partial charge in [0.05, 0.1) is 6.10 Å². The molecule has 0 heterocycles. The number of likely N-dealkylation sites (N-methyl/N-ethyl adjacent to an activating group) is 1. The normalized spacial score (nSPS) is 12.8. The van der Waals surface area contributed by atoms with E-state index in [1.54, 1.807) is 7.05 Å². The Morgan fingerprint density at radius 3 is 2.73 bits per heavy atom. The highest BCUT2D eigenvalue weighted by molar-refractivity contribution is 7.99. The third kappa shape index (κ3) is 4.15. The van der Waals surface area contributed by atoms with E-state index >= 15 is 0 Å². The molecule has 0 aliphatic rings. The zero-order chi connectivity index (χ0) is 11.3. The Morgan fingerprint density at radius 1 is 1.40 bits per heavy atom. The van der Waals surface area contributed by atoms with Crippen LogP contribution in [0.3, 0.4) is 0 Å². The molecule has 1 rings (SSSR count). The summed E-state index contributed by atoms with van der Waals surface area (Å²) in [7, 11) is 1.74. The van der Waals surface area contributed by atoms with Gasteiger partial charge in [0.1, 0.15) is 0 Å². The topological polar surface area (TPSA) is 32.3 Å². The maximum Gasteiger partial charge on any atom is 0.159 e. The van der Waals surface area contributed by atoms with Crippen LogP contribution in [0.2, 0.25) is 0 Å². The molecule has 0 amide bonds. The molecule has 2 nitrogen and oxygen atoms in total. The van der Waals surface area contributed by atoms with Crippen LogP contribution >= 0.6 is 11.8 Å². The molecule has 0 saturated carbocycles. The molecule has 0 saturated heterocycles. The molecule has 0 spiro atoms. The van der Waals surface area contributed by atoms with Crippen molar-refractivity contribution < 1.29 is 13.9 Å². The summed E-state index contributed by atoms with van der Waals surface area (Å²) in [5, 5.41) is 12.2. The van der Waals surface area contributed by atoms with Gasteiger partial charge in [-0.15, -0.1) is 11.8 Å². The van der Waals surface area contributed by atoms with Crippen LogP contribution in [0.15, 0.2) is 23.1 Å². The molecule has 0 aromatic heterocycles. The van der Waals surface area contributed by atoms with Crippen molar-refractivity contribution in [3.05, 3.63) is 29.8 Å². The van der Waals surface area contributed by atoms with Gasteiger partial charge in [-0.2, -0.15) is 0 Å². The molecule has 2 N–H and O–H groups in total. The van der Waals surface area contributed by atoms with Crippen molar-refractivity contribution in [1.82, 2.24) is 5.32 Å². The number of benzene rings is 1. The number of aliphatic hydroxyl groups is 1. The van der Waals surface area contributed by atoms with E-state index in [2.05, 4.69) is 5.32 Å². The number of hydrogen-bond donors (Lipinski definition) is 2. The lowest BCUT2D eigenvalue weighted by Gasteiger charge is -2.09. The van der Waals surface area contributed by atoms with Crippen LogP contribution in [0, 0.1) is 11.6 Å². The highest BCUT2D eigenvalue weighted by atomic mass is 32.2. The Hall–Kier alpha value is -0.650. The van der Waals surface area contributed by atoms with Crippen molar-refractivity contribution in [2.24, 2.45) is 0 Å². The van der Waals surface area contributed by atoms with Crippen LogP contribution in [0.1, 0.15) is 0 Å². The molecule has 1 aromatic rings. The van der Waals surface area contributed by atoms with E-state index in [1.165, 1.54) is 17.8 Å². The van der Waals surface area contributed by atoms with E-state index in [1.807, 2.05) is 0 Å². The molecule has 0 bridgehead atoms. The van der Waals surface area contributed by atoms with E-state index in [9.17, 15) is 13.9 Å². The van der Waals surface area contributed by atoms with E-state index in [0.717, 1.165) is 12.1 Å². The molecular weight excluding hydrogens is 220 g/mol. The second-order valence-electron chi connectivity index (χ2n) is 3.10. The first-order valence-corrected chi connectivity index (χ1v) is 5.52.